The number of halogens is 1. The standard InChI is InChI=1S/C20H14N4O2S3.ClH/c1-10-5-6-14(29-10)17-22-18(24(2)12-8-15(25)21-19(12)26)16-11(9-28-20(16)23-17)13-4-3-7-27-13;/h3-9H,1-2H3,(H,21,25,26);1H. The Balaban J connectivity index is 0.00000218. The van der Waals surface area contributed by atoms with Crippen LogP contribution in [-0.4, -0.2) is 28.8 Å². The van der Waals surface area contributed by atoms with Crippen molar-refractivity contribution in [2.45, 2.75) is 6.92 Å². The number of anilines is 1. The molecule has 30 heavy (non-hydrogen) atoms. The molecule has 0 saturated carbocycles. The molecular formula is C20H15ClN4O2S3. The zero-order valence-corrected chi connectivity index (χ0v) is 19.1. The third kappa shape index (κ3) is 3.43. The molecule has 4 aromatic heterocycles. The number of thiophene rings is 3. The summed E-state index contributed by atoms with van der Waals surface area (Å²) < 4.78 is 0. The van der Waals surface area contributed by atoms with E-state index in [0.717, 1.165) is 25.5 Å². The lowest BCUT2D eigenvalue weighted by Gasteiger charge is -2.19. The van der Waals surface area contributed by atoms with Gasteiger partial charge < -0.3 is 4.90 Å². The lowest BCUT2D eigenvalue weighted by atomic mass is 10.2. The molecule has 4 aromatic rings. The zero-order chi connectivity index (χ0) is 20.1. The molecule has 10 heteroatoms. The number of aromatic nitrogens is 2. The molecule has 2 amide bonds. The number of amides is 2. The highest BCUT2D eigenvalue weighted by Crippen LogP contribution is 2.42. The second-order valence-corrected chi connectivity index (χ2v) is 9.59. The van der Waals surface area contributed by atoms with Crippen LogP contribution in [0.25, 0.3) is 31.4 Å². The first-order chi connectivity index (χ1) is 14.0. The lowest BCUT2D eigenvalue weighted by molar-refractivity contribution is -0.123. The van der Waals surface area contributed by atoms with Gasteiger partial charge in [-0.1, -0.05) is 6.07 Å². The van der Waals surface area contributed by atoms with Crippen LogP contribution in [0.15, 0.2) is 46.8 Å². The second kappa shape index (κ2) is 7.92. The maximum atomic E-state index is 12.3. The molecule has 1 aliphatic rings. The highest BCUT2D eigenvalue weighted by atomic mass is 35.5. The van der Waals surface area contributed by atoms with Crippen molar-refractivity contribution in [2.24, 2.45) is 0 Å². The molecule has 0 saturated heterocycles. The molecule has 5 rings (SSSR count). The summed E-state index contributed by atoms with van der Waals surface area (Å²) in [5.74, 6) is 0.380. The molecule has 1 N–H and O–H groups in total. The normalized spacial score (nSPS) is 13.3. The fourth-order valence-corrected chi connectivity index (χ4v) is 5.77. The van der Waals surface area contributed by atoms with Gasteiger partial charge in [-0.25, -0.2) is 9.97 Å². The monoisotopic (exact) mass is 474 g/mol. The lowest BCUT2D eigenvalue weighted by Crippen LogP contribution is -2.29. The van der Waals surface area contributed by atoms with E-state index in [1.54, 1.807) is 46.0 Å². The van der Waals surface area contributed by atoms with E-state index in [1.165, 1.54) is 11.0 Å². The van der Waals surface area contributed by atoms with E-state index in [9.17, 15) is 9.59 Å². The van der Waals surface area contributed by atoms with E-state index < -0.39 is 11.8 Å². The van der Waals surface area contributed by atoms with Crippen molar-refractivity contribution in [2.75, 3.05) is 11.9 Å². The molecule has 6 nitrogen and oxygen atoms in total. The Morgan fingerprint density at radius 2 is 1.90 bits per heavy atom. The average molecular weight is 475 g/mol. The summed E-state index contributed by atoms with van der Waals surface area (Å²) in [6, 6.07) is 8.09. The summed E-state index contributed by atoms with van der Waals surface area (Å²) in [6.45, 7) is 2.04. The molecule has 0 aliphatic carbocycles. The van der Waals surface area contributed by atoms with Gasteiger partial charge in [0.2, 0.25) is 0 Å². The number of rotatable bonds is 4. The molecule has 0 spiro atoms. The molecule has 0 fully saturated rings. The fraction of sp³-hybridized carbons (Fsp3) is 0.100. The van der Waals surface area contributed by atoms with Crippen LogP contribution in [0.2, 0.25) is 0 Å². The smallest absolute Gasteiger partial charge is 0.274 e. The third-order valence-corrected chi connectivity index (χ3v) is 7.35. The summed E-state index contributed by atoms with van der Waals surface area (Å²) in [7, 11) is 1.76. The fourth-order valence-electron chi connectivity index (χ4n) is 3.21. The van der Waals surface area contributed by atoms with Gasteiger partial charge in [0, 0.05) is 33.8 Å². The Morgan fingerprint density at radius 3 is 2.53 bits per heavy atom. The predicted octanol–water partition coefficient (Wildman–Crippen LogP) is 4.86. The van der Waals surface area contributed by atoms with Gasteiger partial charge in [0.15, 0.2) is 5.82 Å². The summed E-state index contributed by atoms with van der Waals surface area (Å²) in [5, 5.41) is 7.28. The average Bonchev–Trinajstić information content (AvgIpc) is 3.46. The molecule has 0 aromatic carbocycles. The molecular weight excluding hydrogens is 460 g/mol. The van der Waals surface area contributed by atoms with E-state index in [0.29, 0.717) is 11.6 Å². The van der Waals surface area contributed by atoms with Crippen molar-refractivity contribution in [1.82, 2.24) is 15.3 Å². The number of likely N-dealkylation sites (N-methyl/N-ethyl adjacent to an activating group) is 1. The van der Waals surface area contributed by atoms with Crippen LogP contribution < -0.4 is 10.2 Å². The molecule has 152 valence electrons. The Hall–Kier alpha value is -2.59. The van der Waals surface area contributed by atoms with Crippen molar-refractivity contribution >= 4 is 74.3 Å². The zero-order valence-electron chi connectivity index (χ0n) is 15.8. The topological polar surface area (TPSA) is 75.2 Å². The van der Waals surface area contributed by atoms with Gasteiger partial charge in [-0.2, -0.15) is 0 Å². The second-order valence-electron chi connectivity index (χ2n) is 6.49. The molecule has 0 atom stereocenters. The molecule has 5 heterocycles. The number of nitrogens with one attached hydrogen (secondary N) is 1. The van der Waals surface area contributed by atoms with E-state index in [4.69, 9.17) is 9.97 Å². The first-order valence-corrected chi connectivity index (χ1v) is 11.3. The summed E-state index contributed by atoms with van der Waals surface area (Å²) in [6.07, 6.45) is 1.31. The predicted molar refractivity (Wildman–Crippen MR) is 126 cm³/mol. The Kier molecular flexibility index (Phi) is 5.46. The largest absolute Gasteiger partial charge is 0.324 e. The first-order valence-electron chi connectivity index (χ1n) is 8.72. The SMILES string of the molecule is Cc1ccc(-c2nc(N(C)C3=CC(=O)NC3=O)c3c(-c4cccs4)csc3n2)s1.Cl. The Labute approximate surface area is 190 Å². The number of fused-ring (bicyclic) bond motifs is 1. The third-order valence-electron chi connectivity index (χ3n) is 4.58. The van der Waals surface area contributed by atoms with Crippen molar-refractivity contribution in [3.05, 3.63) is 51.7 Å². The van der Waals surface area contributed by atoms with Gasteiger partial charge in [0.25, 0.3) is 11.8 Å². The van der Waals surface area contributed by atoms with Crippen LogP contribution in [0.5, 0.6) is 0 Å². The number of aryl methyl sites for hydroxylation is 1. The molecule has 0 bridgehead atoms. The van der Waals surface area contributed by atoms with Gasteiger partial charge in [0.1, 0.15) is 16.3 Å². The number of hydrogen-bond donors (Lipinski definition) is 1. The minimum Gasteiger partial charge on any atom is -0.324 e. The van der Waals surface area contributed by atoms with Gasteiger partial charge in [-0.05, 0) is 30.5 Å². The van der Waals surface area contributed by atoms with Crippen molar-refractivity contribution in [3.63, 3.8) is 0 Å². The summed E-state index contributed by atoms with van der Waals surface area (Å²) >= 11 is 4.81. The minimum atomic E-state index is -0.425. The van der Waals surface area contributed by atoms with E-state index in [2.05, 4.69) is 16.8 Å². The molecule has 0 radical (unpaired) electrons. The van der Waals surface area contributed by atoms with Gasteiger partial charge in [0.05, 0.1) is 10.3 Å². The van der Waals surface area contributed by atoms with Gasteiger partial charge in [-0.3, -0.25) is 14.9 Å². The Bertz CT molecular complexity index is 1310. The maximum absolute atomic E-state index is 12.3. The highest BCUT2D eigenvalue weighted by Gasteiger charge is 2.28. The van der Waals surface area contributed by atoms with Crippen molar-refractivity contribution in [1.29, 1.82) is 0 Å². The quantitative estimate of drug-likeness (QED) is 0.428. The van der Waals surface area contributed by atoms with Crippen LogP contribution in [0.1, 0.15) is 4.88 Å². The van der Waals surface area contributed by atoms with Crippen LogP contribution in [0.3, 0.4) is 0 Å². The Morgan fingerprint density at radius 1 is 1.07 bits per heavy atom. The van der Waals surface area contributed by atoms with Gasteiger partial charge in [-0.15, -0.1) is 46.4 Å². The minimum absolute atomic E-state index is 0. The number of imide groups is 1. The van der Waals surface area contributed by atoms with Gasteiger partial charge >= 0.3 is 0 Å². The van der Waals surface area contributed by atoms with Crippen LogP contribution in [-0.2, 0) is 9.59 Å². The molecule has 0 unspecified atom stereocenters. The maximum Gasteiger partial charge on any atom is 0.274 e. The van der Waals surface area contributed by atoms with Crippen LogP contribution >= 0.6 is 46.4 Å². The van der Waals surface area contributed by atoms with Crippen LogP contribution in [0.4, 0.5) is 5.82 Å². The van der Waals surface area contributed by atoms with E-state index in [-0.39, 0.29) is 18.1 Å². The van der Waals surface area contributed by atoms with E-state index in [1.807, 2.05) is 30.5 Å². The molecule has 1 aliphatic heterocycles. The van der Waals surface area contributed by atoms with E-state index >= 15 is 0 Å². The van der Waals surface area contributed by atoms with Crippen LogP contribution in [0, 0.1) is 6.92 Å². The number of carbonyl (C=O) groups excluding carboxylic acids is 2. The van der Waals surface area contributed by atoms with Crippen molar-refractivity contribution < 1.29 is 9.59 Å². The highest BCUT2D eigenvalue weighted by molar-refractivity contribution is 7.19. The summed E-state index contributed by atoms with van der Waals surface area (Å²) in [4.78, 5) is 39.4. The van der Waals surface area contributed by atoms with Crippen molar-refractivity contribution in [3.8, 4) is 21.1 Å². The summed E-state index contributed by atoms with van der Waals surface area (Å²) in [5.41, 5.74) is 1.30. The number of nitrogens with zero attached hydrogens (tertiary/aromatic N) is 3. The number of hydrogen-bond acceptors (Lipinski definition) is 8. The number of carbonyl (C=O) groups is 2. The first kappa shape index (κ1) is 20.7.